The molecule has 0 spiro atoms. The summed E-state index contributed by atoms with van der Waals surface area (Å²) in [4.78, 5) is 0. The fourth-order valence-electron chi connectivity index (χ4n) is 0.481. The van der Waals surface area contributed by atoms with Crippen LogP contribution in [0.3, 0.4) is 0 Å². The molecule has 2 heteroatoms. The highest BCUT2D eigenvalue weighted by Crippen LogP contribution is 1.89. The van der Waals surface area contributed by atoms with Crippen molar-refractivity contribution < 1.29 is 5.11 Å². The maximum atomic E-state index is 8.41. The molecule has 0 aliphatic carbocycles. The minimum Gasteiger partial charge on any atom is -0.394 e. The van der Waals surface area contributed by atoms with E-state index in [9.17, 15) is 0 Å². The highest BCUT2D eigenvalue weighted by Gasteiger charge is 1.90. The molecule has 0 unspecified atom stereocenters. The van der Waals surface area contributed by atoms with Gasteiger partial charge in [0.15, 0.2) is 0 Å². The maximum absolute atomic E-state index is 8.41. The van der Waals surface area contributed by atoms with E-state index in [-0.39, 0.29) is 12.6 Å². The Hall–Kier alpha value is -0.340. The van der Waals surface area contributed by atoms with Crippen LogP contribution in [0.25, 0.3) is 0 Å². The number of allylic oxidation sites excluding steroid dienone is 1. The van der Waals surface area contributed by atoms with E-state index in [0.717, 1.165) is 5.57 Å². The zero-order valence-electron chi connectivity index (χ0n) is 5.39. The van der Waals surface area contributed by atoms with E-state index in [1.54, 1.807) is 0 Å². The van der Waals surface area contributed by atoms with Crippen LogP contribution in [-0.2, 0) is 0 Å². The third-order valence-electron chi connectivity index (χ3n) is 0.758. The summed E-state index contributed by atoms with van der Waals surface area (Å²) in [5.41, 5.74) is 6.49. The van der Waals surface area contributed by atoms with E-state index >= 15 is 0 Å². The van der Waals surface area contributed by atoms with Gasteiger partial charge in [0.05, 0.1) is 6.61 Å². The first-order chi connectivity index (χ1) is 3.66. The van der Waals surface area contributed by atoms with Gasteiger partial charge in [-0.1, -0.05) is 11.6 Å². The lowest BCUT2D eigenvalue weighted by atomic mass is 10.2. The van der Waals surface area contributed by atoms with Gasteiger partial charge >= 0.3 is 0 Å². The van der Waals surface area contributed by atoms with Gasteiger partial charge in [-0.3, -0.25) is 0 Å². The fraction of sp³-hybridized carbons (Fsp3) is 0.667. The molecule has 2 nitrogen and oxygen atoms in total. The summed E-state index contributed by atoms with van der Waals surface area (Å²) in [6, 6.07) is -0.181. The number of hydrogen-bond donors (Lipinski definition) is 2. The highest BCUT2D eigenvalue weighted by atomic mass is 16.3. The second-order valence-corrected chi connectivity index (χ2v) is 2.09. The first-order valence-corrected chi connectivity index (χ1v) is 2.68. The molecule has 0 saturated heterocycles. The van der Waals surface area contributed by atoms with Crippen LogP contribution < -0.4 is 5.73 Å². The minimum absolute atomic E-state index is 0.0329. The number of rotatable bonds is 2. The van der Waals surface area contributed by atoms with Crippen molar-refractivity contribution in [1.29, 1.82) is 0 Å². The van der Waals surface area contributed by atoms with E-state index in [1.807, 2.05) is 19.9 Å². The Labute approximate surface area is 50.0 Å². The Balaban J connectivity index is 3.51. The molecule has 1 atom stereocenters. The van der Waals surface area contributed by atoms with Crippen molar-refractivity contribution in [2.24, 2.45) is 5.73 Å². The molecule has 0 aromatic rings. The molecule has 3 N–H and O–H groups in total. The van der Waals surface area contributed by atoms with Crippen molar-refractivity contribution in [3.63, 3.8) is 0 Å². The standard InChI is InChI=1S/C6H13NO/c1-5(2)3-6(7)4-8/h3,6,8H,4,7H2,1-2H3/t6-/m1/s1. The smallest absolute Gasteiger partial charge is 0.0618 e. The van der Waals surface area contributed by atoms with Crippen molar-refractivity contribution in [2.45, 2.75) is 19.9 Å². The molecule has 0 amide bonds. The predicted octanol–water partition coefficient (Wildman–Crippen LogP) is 0.272. The van der Waals surface area contributed by atoms with E-state index < -0.39 is 0 Å². The number of hydrogen-bond acceptors (Lipinski definition) is 2. The Morgan fingerprint density at radius 3 is 2.38 bits per heavy atom. The lowest BCUT2D eigenvalue weighted by Gasteiger charge is -1.99. The Kier molecular flexibility index (Phi) is 3.48. The molecule has 48 valence electrons. The van der Waals surface area contributed by atoms with Crippen LogP contribution in [0.5, 0.6) is 0 Å². The van der Waals surface area contributed by atoms with Gasteiger partial charge in [0.25, 0.3) is 0 Å². The predicted molar refractivity (Wildman–Crippen MR) is 34.5 cm³/mol. The Morgan fingerprint density at radius 1 is 1.75 bits per heavy atom. The quantitative estimate of drug-likeness (QED) is 0.507. The topological polar surface area (TPSA) is 46.2 Å². The molecule has 0 radical (unpaired) electrons. The summed E-state index contributed by atoms with van der Waals surface area (Å²) in [6.07, 6.45) is 1.83. The third-order valence-corrected chi connectivity index (χ3v) is 0.758. The van der Waals surface area contributed by atoms with Gasteiger partial charge in [0, 0.05) is 6.04 Å². The molecule has 0 saturated carbocycles. The Morgan fingerprint density at radius 2 is 2.25 bits per heavy atom. The first kappa shape index (κ1) is 7.66. The van der Waals surface area contributed by atoms with Crippen molar-refractivity contribution in [3.8, 4) is 0 Å². The zero-order valence-corrected chi connectivity index (χ0v) is 5.39. The average molecular weight is 115 g/mol. The zero-order chi connectivity index (χ0) is 6.57. The molecule has 0 rings (SSSR count). The summed E-state index contributed by atoms with van der Waals surface area (Å²) in [7, 11) is 0. The van der Waals surface area contributed by atoms with Crippen molar-refractivity contribution in [3.05, 3.63) is 11.6 Å². The van der Waals surface area contributed by atoms with Gasteiger partial charge in [-0.15, -0.1) is 0 Å². The minimum atomic E-state index is -0.181. The average Bonchev–Trinajstić information content (AvgIpc) is 1.65. The number of aliphatic hydroxyl groups is 1. The van der Waals surface area contributed by atoms with E-state index in [0.29, 0.717) is 0 Å². The van der Waals surface area contributed by atoms with Gasteiger partial charge < -0.3 is 10.8 Å². The van der Waals surface area contributed by atoms with Crippen LogP contribution in [0.2, 0.25) is 0 Å². The Bertz CT molecular complexity index is 84.5. The van der Waals surface area contributed by atoms with Crippen LogP contribution in [0, 0.1) is 0 Å². The summed E-state index contributed by atoms with van der Waals surface area (Å²) in [6.45, 7) is 3.94. The molecule has 8 heavy (non-hydrogen) atoms. The maximum Gasteiger partial charge on any atom is 0.0618 e. The summed E-state index contributed by atoms with van der Waals surface area (Å²) in [5.74, 6) is 0. The van der Waals surface area contributed by atoms with Crippen LogP contribution in [0.1, 0.15) is 13.8 Å². The van der Waals surface area contributed by atoms with E-state index in [4.69, 9.17) is 10.8 Å². The van der Waals surface area contributed by atoms with Gasteiger partial charge in [-0.25, -0.2) is 0 Å². The lowest BCUT2D eigenvalue weighted by molar-refractivity contribution is 0.283. The molecule has 0 aromatic carbocycles. The summed E-state index contributed by atoms with van der Waals surface area (Å²) >= 11 is 0. The molecule has 0 heterocycles. The largest absolute Gasteiger partial charge is 0.394 e. The first-order valence-electron chi connectivity index (χ1n) is 2.68. The van der Waals surface area contributed by atoms with Gasteiger partial charge in [0.1, 0.15) is 0 Å². The number of nitrogens with two attached hydrogens (primary N) is 1. The van der Waals surface area contributed by atoms with Crippen LogP contribution in [-0.4, -0.2) is 17.8 Å². The molecule has 0 fully saturated rings. The van der Waals surface area contributed by atoms with Crippen molar-refractivity contribution >= 4 is 0 Å². The molecule has 0 bridgehead atoms. The monoisotopic (exact) mass is 115 g/mol. The van der Waals surface area contributed by atoms with Crippen molar-refractivity contribution in [2.75, 3.05) is 6.61 Å². The summed E-state index contributed by atoms with van der Waals surface area (Å²) < 4.78 is 0. The molecular weight excluding hydrogens is 102 g/mol. The van der Waals surface area contributed by atoms with Gasteiger partial charge in [-0.2, -0.15) is 0 Å². The van der Waals surface area contributed by atoms with Crippen LogP contribution >= 0.6 is 0 Å². The second kappa shape index (κ2) is 3.64. The lowest BCUT2D eigenvalue weighted by Crippen LogP contribution is -2.21. The SMILES string of the molecule is CC(C)=C[C@@H](N)CO. The van der Waals surface area contributed by atoms with Crippen molar-refractivity contribution in [1.82, 2.24) is 0 Å². The fourth-order valence-corrected chi connectivity index (χ4v) is 0.481. The second-order valence-electron chi connectivity index (χ2n) is 2.09. The molecule has 0 aliphatic rings. The number of aliphatic hydroxyl groups excluding tert-OH is 1. The summed E-state index contributed by atoms with van der Waals surface area (Å²) in [5, 5.41) is 8.41. The van der Waals surface area contributed by atoms with Gasteiger partial charge in [0.2, 0.25) is 0 Å². The third kappa shape index (κ3) is 3.84. The highest BCUT2D eigenvalue weighted by molar-refractivity contribution is 4.99. The van der Waals surface area contributed by atoms with Gasteiger partial charge in [-0.05, 0) is 13.8 Å². The van der Waals surface area contributed by atoms with Crippen LogP contribution in [0.15, 0.2) is 11.6 Å². The molecular formula is C6H13NO. The van der Waals surface area contributed by atoms with E-state index in [2.05, 4.69) is 0 Å². The normalized spacial score (nSPS) is 13.0. The molecule has 0 aliphatic heterocycles. The van der Waals surface area contributed by atoms with E-state index in [1.165, 1.54) is 0 Å². The molecule has 0 aromatic heterocycles. The van der Waals surface area contributed by atoms with Crippen LogP contribution in [0.4, 0.5) is 0 Å².